The van der Waals surface area contributed by atoms with E-state index in [2.05, 4.69) is 0 Å². The van der Waals surface area contributed by atoms with Crippen molar-refractivity contribution in [3.8, 4) is 5.75 Å². The normalized spacial score (nSPS) is 25.7. The fourth-order valence-corrected chi connectivity index (χ4v) is 2.96. The van der Waals surface area contributed by atoms with Crippen LogP contribution >= 0.6 is 0 Å². The summed E-state index contributed by atoms with van der Waals surface area (Å²) in [5, 5.41) is 11.2. The minimum Gasteiger partial charge on any atom is -0.487 e. The lowest BCUT2D eigenvalue weighted by Gasteiger charge is -2.16. The maximum atomic E-state index is 11.2. The van der Waals surface area contributed by atoms with Crippen molar-refractivity contribution in [1.82, 2.24) is 0 Å². The highest BCUT2D eigenvalue weighted by Gasteiger charge is 2.47. The second-order valence-electron chi connectivity index (χ2n) is 6.17. The molecule has 2 aliphatic rings. The van der Waals surface area contributed by atoms with E-state index in [0.717, 1.165) is 5.56 Å². The molecule has 2 atom stereocenters. The molecule has 6 heteroatoms. The van der Waals surface area contributed by atoms with Crippen LogP contribution in [0.4, 0.5) is 5.69 Å². The summed E-state index contributed by atoms with van der Waals surface area (Å²) in [4.78, 5) is 22.0. The van der Waals surface area contributed by atoms with Gasteiger partial charge in [-0.2, -0.15) is 0 Å². The zero-order valence-corrected chi connectivity index (χ0v) is 11.4. The Hall–Kier alpha value is -2.11. The van der Waals surface area contributed by atoms with Gasteiger partial charge in [-0.05, 0) is 26.3 Å². The van der Waals surface area contributed by atoms with Crippen molar-refractivity contribution in [3.63, 3.8) is 0 Å². The molecule has 20 heavy (non-hydrogen) atoms. The summed E-state index contributed by atoms with van der Waals surface area (Å²) in [7, 11) is 0. The summed E-state index contributed by atoms with van der Waals surface area (Å²) in [6, 6.07) is 3.30. The molecule has 1 aromatic carbocycles. The molecular formula is C14H16N2O4. The van der Waals surface area contributed by atoms with Crippen molar-refractivity contribution >= 4 is 11.6 Å². The molecule has 0 unspecified atom stereocenters. The maximum Gasteiger partial charge on any atom is 0.273 e. The summed E-state index contributed by atoms with van der Waals surface area (Å²) in [6.07, 6.45) is 1.23. The first-order valence-corrected chi connectivity index (χ1v) is 6.58. The van der Waals surface area contributed by atoms with Crippen LogP contribution in [-0.4, -0.2) is 16.4 Å². The zero-order chi connectivity index (χ0) is 14.7. The first kappa shape index (κ1) is 12.9. The summed E-state index contributed by atoms with van der Waals surface area (Å²) < 4.78 is 5.80. The molecule has 0 bridgehead atoms. The Kier molecular flexibility index (Phi) is 2.54. The van der Waals surface area contributed by atoms with Gasteiger partial charge in [0.2, 0.25) is 5.91 Å². The highest BCUT2D eigenvalue weighted by molar-refractivity contribution is 5.81. The Balaban J connectivity index is 2.03. The first-order chi connectivity index (χ1) is 9.28. The molecule has 106 valence electrons. The van der Waals surface area contributed by atoms with Gasteiger partial charge in [0.05, 0.1) is 4.92 Å². The van der Waals surface area contributed by atoms with Crippen LogP contribution in [-0.2, 0) is 11.2 Å². The third kappa shape index (κ3) is 2.01. The Morgan fingerprint density at radius 1 is 1.50 bits per heavy atom. The second kappa shape index (κ2) is 3.94. The average Bonchev–Trinajstić information content (AvgIpc) is 3.04. The summed E-state index contributed by atoms with van der Waals surface area (Å²) in [6.45, 7) is 3.89. The number of nitrogens with zero attached hydrogens (tertiary/aromatic N) is 1. The predicted octanol–water partition coefficient (Wildman–Crippen LogP) is 1.90. The van der Waals surface area contributed by atoms with Crippen LogP contribution in [0.25, 0.3) is 0 Å². The highest BCUT2D eigenvalue weighted by atomic mass is 16.6. The molecule has 1 saturated carbocycles. The molecule has 0 aromatic heterocycles. The third-order valence-corrected chi connectivity index (χ3v) is 3.96. The molecular weight excluding hydrogens is 260 g/mol. The van der Waals surface area contributed by atoms with Crippen LogP contribution in [0.5, 0.6) is 5.75 Å². The quantitative estimate of drug-likeness (QED) is 0.673. The topological polar surface area (TPSA) is 95.5 Å². The number of carbonyl (C=O) groups excluding carboxylic acids is 1. The Morgan fingerprint density at radius 2 is 2.20 bits per heavy atom. The van der Waals surface area contributed by atoms with E-state index in [1.807, 2.05) is 13.8 Å². The lowest BCUT2D eigenvalue weighted by Crippen LogP contribution is -2.24. The lowest BCUT2D eigenvalue weighted by atomic mass is 9.98. The Bertz CT molecular complexity index is 624. The van der Waals surface area contributed by atoms with Crippen molar-refractivity contribution in [2.45, 2.75) is 38.2 Å². The smallest absolute Gasteiger partial charge is 0.273 e. The van der Waals surface area contributed by atoms with E-state index in [4.69, 9.17) is 10.5 Å². The van der Waals surface area contributed by atoms with Crippen molar-refractivity contribution in [2.24, 2.45) is 11.7 Å². The fraction of sp³-hybridized carbons (Fsp3) is 0.500. The molecule has 1 fully saturated rings. The Labute approximate surface area is 116 Å². The SMILES string of the molecule is CC1(C)Cc2cc([N+](=O)[O-])c([C@@H]3C[C@H]3C(N)=O)cc2O1. The van der Waals surface area contributed by atoms with Gasteiger partial charge < -0.3 is 10.5 Å². The van der Waals surface area contributed by atoms with Crippen LogP contribution in [0.3, 0.4) is 0 Å². The molecule has 1 aliphatic heterocycles. The molecule has 1 aromatic rings. The van der Waals surface area contributed by atoms with Crippen molar-refractivity contribution in [2.75, 3.05) is 0 Å². The van der Waals surface area contributed by atoms with Crippen LogP contribution in [0.15, 0.2) is 12.1 Å². The van der Waals surface area contributed by atoms with E-state index in [0.29, 0.717) is 24.2 Å². The molecule has 0 saturated heterocycles. The van der Waals surface area contributed by atoms with Gasteiger partial charge in [0.25, 0.3) is 5.69 Å². The molecule has 0 spiro atoms. The van der Waals surface area contributed by atoms with Gasteiger partial charge >= 0.3 is 0 Å². The van der Waals surface area contributed by atoms with Crippen LogP contribution in [0.1, 0.15) is 37.3 Å². The van der Waals surface area contributed by atoms with E-state index in [-0.39, 0.29) is 23.1 Å². The van der Waals surface area contributed by atoms with E-state index in [1.165, 1.54) is 0 Å². The molecule has 3 rings (SSSR count). The second-order valence-corrected chi connectivity index (χ2v) is 6.17. The summed E-state index contributed by atoms with van der Waals surface area (Å²) in [5.41, 5.74) is 6.40. The number of rotatable bonds is 3. The number of ether oxygens (including phenoxy) is 1. The number of hydrogen-bond acceptors (Lipinski definition) is 4. The van der Waals surface area contributed by atoms with Crippen LogP contribution in [0, 0.1) is 16.0 Å². The summed E-state index contributed by atoms with van der Waals surface area (Å²) >= 11 is 0. The maximum absolute atomic E-state index is 11.2. The predicted molar refractivity (Wildman–Crippen MR) is 71.5 cm³/mol. The van der Waals surface area contributed by atoms with Gasteiger partial charge in [-0.3, -0.25) is 14.9 Å². The summed E-state index contributed by atoms with van der Waals surface area (Å²) in [5.74, 6) is -0.150. The van der Waals surface area contributed by atoms with E-state index in [9.17, 15) is 14.9 Å². The van der Waals surface area contributed by atoms with Crippen molar-refractivity contribution < 1.29 is 14.5 Å². The molecule has 2 N–H and O–H groups in total. The molecule has 1 aliphatic carbocycles. The van der Waals surface area contributed by atoms with Gasteiger partial charge in [0, 0.05) is 35.4 Å². The van der Waals surface area contributed by atoms with Crippen molar-refractivity contribution in [3.05, 3.63) is 33.4 Å². The number of amides is 1. The molecule has 1 amide bonds. The molecule has 0 radical (unpaired) electrons. The highest BCUT2D eigenvalue weighted by Crippen LogP contribution is 2.52. The zero-order valence-electron chi connectivity index (χ0n) is 11.4. The van der Waals surface area contributed by atoms with Gasteiger partial charge in [0.1, 0.15) is 11.4 Å². The minimum atomic E-state index is -0.397. The third-order valence-electron chi connectivity index (χ3n) is 3.96. The van der Waals surface area contributed by atoms with Gasteiger partial charge in [0.15, 0.2) is 0 Å². The fourth-order valence-electron chi connectivity index (χ4n) is 2.96. The largest absolute Gasteiger partial charge is 0.487 e. The molecule has 6 nitrogen and oxygen atoms in total. The van der Waals surface area contributed by atoms with Crippen LogP contribution in [0.2, 0.25) is 0 Å². The van der Waals surface area contributed by atoms with E-state index >= 15 is 0 Å². The number of nitro benzene ring substituents is 1. The Morgan fingerprint density at radius 3 is 2.75 bits per heavy atom. The lowest BCUT2D eigenvalue weighted by molar-refractivity contribution is -0.385. The van der Waals surface area contributed by atoms with Gasteiger partial charge in [-0.25, -0.2) is 0 Å². The number of primary amides is 1. The van der Waals surface area contributed by atoms with E-state index < -0.39 is 10.8 Å². The number of benzene rings is 1. The average molecular weight is 276 g/mol. The standard InChI is InChI=1S/C14H16N2O4/c1-14(2)6-7-3-11(16(18)19)9(5-12(7)20-14)8-4-10(8)13(15)17/h3,5,8,10H,4,6H2,1-2H3,(H2,15,17)/t8-,10+/m0/s1. The number of carbonyl (C=O) groups is 1. The number of hydrogen-bond donors (Lipinski definition) is 1. The monoisotopic (exact) mass is 276 g/mol. The van der Waals surface area contributed by atoms with Gasteiger partial charge in [-0.15, -0.1) is 0 Å². The molecule has 1 heterocycles. The van der Waals surface area contributed by atoms with Crippen molar-refractivity contribution in [1.29, 1.82) is 0 Å². The number of nitro groups is 1. The van der Waals surface area contributed by atoms with Crippen LogP contribution < -0.4 is 10.5 Å². The number of fused-ring (bicyclic) bond motifs is 1. The van der Waals surface area contributed by atoms with E-state index in [1.54, 1.807) is 12.1 Å². The first-order valence-electron chi connectivity index (χ1n) is 6.58. The van der Waals surface area contributed by atoms with Gasteiger partial charge in [-0.1, -0.05) is 0 Å². The number of nitrogens with two attached hydrogens (primary N) is 1. The minimum absolute atomic E-state index is 0.0683.